The number of thioether (sulfide) groups is 1. The Morgan fingerprint density at radius 1 is 1.33 bits per heavy atom. The number of nitrogens with zero attached hydrogens (tertiary/aromatic N) is 2. The number of carbonyl (C=O) groups excluding carboxylic acids is 2. The molecule has 0 aliphatic carbocycles. The molecule has 0 bridgehead atoms. The molecule has 1 aromatic heterocycles. The van der Waals surface area contributed by atoms with E-state index in [9.17, 15) is 9.59 Å². The zero-order chi connectivity index (χ0) is 17.1. The molecule has 3 rings (SSSR count). The van der Waals surface area contributed by atoms with Gasteiger partial charge in [-0.2, -0.15) is 0 Å². The molecule has 0 fully saturated rings. The van der Waals surface area contributed by atoms with Crippen molar-refractivity contribution in [3.63, 3.8) is 0 Å². The summed E-state index contributed by atoms with van der Waals surface area (Å²) >= 11 is 1.48. The van der Waals surface area contributed by atoms with Crippen LogP contribution in [0.1, 0.15) is 15.9 Å². The first kappa shape index (κ1) is 16.3. The van der Waals surface area contributed by atoms with Crippen LogP contribution in [0, 0.1) is 0 Å². The molecule has 0 saturated heterocycles. The largest absolute Gasteiger partial charge is 0.363 e. The minimum Gasteiger partial charge on any atom is -0.363 e. The Morgan fingerprint density at radius 3 is 2.96 bits per heavy atom. The number of nitrogens with one attached hydrogen (secondary N) is 2. The van der Waals surface area contributed by atoms with Crippen molar-refractivity contribution in [2.24, 2.45) is 0 Å². The lowest BCUT2D eigenvalue weighted by Gasteiger charge is -2.17. The van der Waals surface area contributed by atoms with Crippen LogP contribution in [-0.4, -0.2) is 36.6 Å². The second kappa shape index (κ2) is 6.92. The molecule has 0 spiro atoms. The predicted octanol–water partition coefficient (Wildman–Crippen LogP) is 2.12. The molecule has 2 amide bonds. The quantitative estimate of drug-likeness (QED) is 0.890. The molecular weight excluding hydrogens is 324 g/mol. The molecule has 0 atom stereocenters. The number of amides is 2. The molecule has 2 N–H and O–H groups in total. The molecule has 24 heavy (non-hydrogen) atoms. The summed E-state index contributed by atoms with van der Waals surface area (Å²) in [6.45, 7) is 0.417. The lowest BCUT2D eigenvalue weighted by Crippen LogP contribution is -2.24. The van der Waals surface area contributed by atoms with E-state index >= 15 is 0 Å². The molecule has 6 nitrogen and oxygen atoms in total. The van der Waals surface area contributed by atoms with Gasteiger partial charge in [-0.15, -0.1) is 11.8 Å². The van der Waals surface area contributed by atoms with Crippen molar-refractivity contribution >= 4 is 35.1 Å². The Morgan fingerprint density at radius 2 is 2.17 bits per heavy atom. The third kappa shape index (κ3) is 3.68. The van der Waals surface area contributed by atoms with E-state index in [0.29, 0.717) is 23.5 Å². The van der Waals surface area contributed by atoms with Gasteiger partial charge in [0, 0.05) is 37.3 Å². The maximum atomic E-state index is 12.3. The van der Waals surface area contributed by atoms with Gasteiger partial charge in [-0.1, -0.05) is 0 Å². The molecule has 0 unspecified atom stereocenters. The van der Waals surface area contributed by atoms with Gasteiger partial charge in [0.15, 0.2) is 0 Å². The first-order chi connectivity index (χ1) is 11.5. The summed E-state index contributed by atoms with van der Waals surface area (Å²) in [4.78, 5) is 31.0. The summed E-state index contributed by atoms with van der Waals surface area (Å²) < 4.78 is 0. The summed E-state index contributed by atoms with van der Waals surface area (Å²) in [5.74, 6) is 1.04. The van der Waals surface area contributed by atoms with Crippen molar-refractivity contribution in [1.29, 1.82) is 0 Å². The number of pyridine rings is 1. The van der Waals surface area contributed by atoms with Gasteiger partial charge in [-0.05, 0) is 35.9 Å². The normalized spacial score (nSPS) is 13.0. The average molecular weight is 342 g/mol. The van der Waals surface area contributed by atoms with Crippen molar-refractivity contribution < 1.29 is 9.59 Å². The Kier molecular flexibility index (Phi) is 4.71. The highest BCUT2D eigenvalue weighted by Crippen LogP contribution is 2.31. The van der Waals surface area contributed by atoms with Crippen molar-refractivity contribution in [1.82, 2.24) is 10.3 Å². The van der Waals surface area contributed by atoms with Crippen LogP contribution in [-0.2, 0) is 11.3 Å². The van der Waals surface area contributed by atoms with Crippen molar-refractivity contribution in [3.05, 3.63) is 47.7 Å². The second-order valence-electron chi connectivity index (χ2n) is 5.65. The summed E-state index contributed by atoms with van der Waals surface area (Å²) in [7, 11) is 3.84. The monoisotopic (exact) mass is 342 g/mol. The Labute approximate surface area is 144 Å². The highest BCUT2D eigenvalue weighted by atomic mass is 32.2. The fourth-order valence-corrected chi connectivity index (χ4v) is 3.11. The van der Waals surface area contributed by atoms with Crippen LogP contribution in [0.3, 0.4) is 0 Å². The van der Waals surface area contributed by atoms with Crippen LogP contribution in [0.2, 0.25) is 0 Å². The van der Waals surface area contributed by atoms with Gasteiger partial charge in [0.25, 0.3) is 5.91 Å². The minimum absolute atomic E-state index is 0.0435. The highest BCUT2D eigenvalue weighted by Gasteiger charge is 2.17. The average Bonchev–Trinajstić information content (AvgIpc) is 2.59. The molecule has 0 saturated carbocycles. The maximum absolute atomic E-state index is 12.3. The van der Waals surface area contributed by atoms with E-state index in [1.807, 2.05) is 37.2 Å². The summed E-state index contributed by atoms with van der Waals surface area (Å²) in [5, 5.41) is 5.69. The van der Waals surface area contributed by atoms with Crippen LogP contribution in [0.25, 0.3) is 0 Å². The number of fused-ring (bicyclic) bond motifs is 1. The topological polar surface area (TPSA) is 74.3 Å². The van der Waals surface area contributed by atoms with Crippen LogP contribution in [0.5, 0.6) is 0 Å². The fourth-order valence-electron chi connectivity index (χ4n) is 2.32. The highest BCUT2D eigenvalue weighted by molar-refractivity contribution is 8.00. The number of carbonyl (C=O) groups is 2. The molecule has 1 aliphatic rings. The van der Waals surface area contributed by atoms with Crippen LogP contribution < -0.4 is 15.5 Å². The second-order valence-corrected chi connectivity index (χ2v) is 6.66. The molecular formula is C17H18N4O2S. The van der Waals surface area contributed by atoms with Crippen molar-refractivity contribution in [3.8, 4) is 0 Å². The van der Waals surface area contributed by atoms with Gasteiger partial charge >= 0.3 is 0 Å². The SMILES string of the molecule is CN(C)c1cc(CNC(=O)c2ccc3c(c2)NC(=O)CS3)ccn1. The summed E-state index contributed by atoms with van der Waals surface area (Å²) in [6.07, 6.45) is 1.72. The fraction of sp³-hybridized carbons (Fsp3) is 0.235. The molecule has 124 valence electrons. The number of hydrogen-bond donors (Lipinski definition) is 2. The smallest absolute Gasteiger partial charge is 0.251 e. The summed E-state index contributed by atoms with van der Waals surface area (Å²) in [5.41, 5.74) is 2.20. The Hall–Kier alpha value is -2.54. The standard InChI is InChI=1S/C17H18N4O2S/c1-21(2)15-7-11(5-6-18-15)9-19-17(23)12-3-4-14-13(8-12)20-16(22)10-24-14/h3-8H,9-10H2,1-2H3,(H,19,23)(H,20,22). The number of rotatable bonds is 4. The Balaban J connectivity index is 1.68. The number of hydrogen-bond acceptors (Lipinski definition) is 5. The van der Waals surface area contributed by atoms with Crippen LogP contribution >= 0.6 is 11.8 Å². The third-order valence-corrected chi connectivity index (χ3v) is 4.67. The Bertz CT molecular complexity index is 792. The van der Waals surface area contributed by atoms with Crippen LogP contribution in [0.4, 0.5) is 11.5 Å². The zero-order valence-corrected chi connectivity index (χ0v) is 14.3. The van der Waals surface area contributed by atoms with Gasteiger partial charge in [0.05, 0.1) is 11.4 Å². The maximum Gasteiger partial charge on any atom is 0.251 e. The number of aromatic nitrogens is 1. The van der Waals surface area contributed by atoms with E-state index in [1.165, 1.54) is 11.8 Å². The third-order valence-electron chi connectivity index (χ3n) is 3.60. The van der Waals surface area contributed by atoms with E-state index in [2.05, 4.69) is 15.6 Å². The molecule has 1 aromatic carbocycles. The summed E-state index contributed by atoms with van der Waals surface area (Å²) in [6, 6.07) is 9.16. The lowest BCUT2D eigenvalue weighted by molar-refractivity contribution is -0.113. The van der Waals surface area contributed by atoms with E-state index < -0.39 is 0 Å². The van der Waals surface area contributed by atoms with Gasteiger partial charge in [0.2, 0.25) is 5.91 Å². The first-order valence-corrected chi connectivity index (χ1v) is 8.48. The predicted molar refractivity (Wildman–Crippen MR) is 95.5 cm³/mol. The van der Waals surface area contributed by atoms with E-state index in [1.54, 1.807) is 18.3 Å². The van der Waals surface area contributed by atoms with Gasteiger partial charge < -0.3 is 15.5 Å². The van der Waals surface area contributed by atoms with Crippen molar-refractivity contribution in [2.45, 2.75) is 11.4 Å². The van der Waals surface area contributed by atoms with E-state index in [0.717, 1.165) is 16.3 Å². The van der Waals surface area contributed by atoms with Gasteiger partial charge in [0.1, 0.15) is 5.82 Å². The molecule has 7 heteroatoms. The first-order valence-electron chi connectivity index (χ1n) is 7.50. The molecule has 2 aromatic rings. The van der Waals surface area contributed by atoms with E-state index in [-0.39, 0.29) is 11.8 Å². The lowest BCUT2D eigenvalue weighted by atomic mass is 10.1. The number of benzene rings is 1. The van der Waals surface area contributed by atoms with E-state index in [4.69, 9.17) is 0 Å². The van der Waals surface area contributed by atoms with Crippen molar-refractivity contribution in [2.75, 3.05) is 30.1 Å². The minimum atomic E-state index is -0.175. The zero-order valence-electron chi connectivity index (χ0n) is 13.5. The van der Waals surface area contributed by atoms with Crippen LogP contribution in [0.15, 0.2) is 41.4 Å². The van der Waals surface area contributed by atoms with Gasteiger partial charge in [-0.25, -0.2) is 4.98 Å². The van der Waals surface area contributed by atoms with Gasteiger partial charge in [-0.3, -0.25) is 9.59 Å². The number of anilines is 2. The molecule has 2 heterocycles. The molecule has 0 radical (unpaired) electrons. The molecule has 1 aliphatic heterocycles.